The highest BCUT2D eigenvalue weighted by atomic mass is 35.5. The topological polar surface area (TPSA) is 34.1 Å². The molecule has 2 heterocycles. The number of hydrogen-bond donors (Lipinski definition) is 1. The van der Waals surface area contributed by atoms with Gasteiger partial charge >= 0.3 is 0 Å². The number of nitrogens with zero attached hydrogens (tertiary/aromatic N) is 1. The van der Waals surface area contributed by atoms with Gasteiger partial charge in [0, 0.05) is 41.5 Å². The highest BCUT2D eigenvalue weighted by Crippen LogP contribution is 2.40. The average Bonchev–Trinajstić information content (AvgIpc) is 2.49. The molecule has 0 amide bonds. The van der Waals surface area contributed by atoms with Crippen LogP contribution >= 0.6 is 23.2 Å². The van der Waals surface area contributed by atoms with E-state index in [-0.39, 0.29) is 12.1 Å². The molecule has 0 spiro atoms. The maximum atomic E-state index is 6.22. The lowest BCUT2D eigenvalue weighted by Gasteiger charge is -2.30. The van der Waals surface area contributed by atoms with Crippen molar-refractivity contribution in [1.82, 2.24) is 10.3 Å². The van der Waals surface area contributed by atoms with Gasteiger partial charge in [-0.2, -0.15) is 0 Å². The fraction of sp³-hybridized carbons (Fsp3) is 0.312. The lowest BCUT2D eigenvalue weighted by atomic mass is 9.98. The first-order valence-corrected chi connectivity index (χ1v) is 7.68. The number of fused-ring (bicyclic) bond motifs is 1. The number of aromatic nitrogens is 1. The Morgan fingerprint density at radius 2 is 2.24 bits per heavy atom. The number of benzene rings is 1. The van der Waals surface area contributed by atoms with E-state index in [1.165, 1.54) is 0 Å². The van der Waals surface area contributed by atoms with E-state index in [4.69, 9.17) is 27.9 Å². The zero-order valence-electron chi connectivity index (χ0n) is 11.6. The Kier molecular flexibility index (Phi) is 4.34. The van der Waals surface area contributed by atoms with E-state index in [9.17, 15) is 0 Å². The second-order valence-electron chi connectivity index (χ2n) is 5.17. The van der Waals surface area contributed by atoms with Crippen molar-refractivity contribution in [2.75, 3.05) is 6.61 Å². The Morgan fingerprint density at radius 3 is 3.00 bits per heavy atom. The first-order chi connectivity index (χ1) is 10.1. The Balaban J connectivity index is 1.85. The smallest absolute Gasteiger partial charge is 0.142 e. The number of pyridine rings is 1. The van der Waals surface area contributed by atoms with Crippen LogP contribution in [-0.4, -0.2) is 11.6 Å². The molecule has 1 N–H and O–H groups in total. The van der Waals surface area contributed by atoms with Crippen LogP contribution in [0.4, 0.5) is 0 Å². The number of ether oxygens (including phenoxy) is 1. The molecule has 3 nitrogen and oxygen atoms in total. The van der Waals surface area contributed by atoms with Crippen molar-refractivity contribution < 1.29 is 4.74 Å². The molecule has 0 saturated heterocycles. The standard InChI is InChI=1S/C16H16Cl2N2O/c1-10(11-3-2-5-19-9-11)20-15-4-6-21-16-13(15)7-12(17)8-14(16)18/h2-3,5,7-10,15,20H,4,6H2,1H3/t10-,15?/m0/s1. The molecule has 0 radical (unpaired) electrons. The van der Waals surface area contributed by atoms with Gasteiger partial charge in [-0.1, -0.05) is 29.3 Å². The summed E-state index contributed by atoms with van der Waals surface area (Å²) in [5.41, 5.74) is 2.17. The van der Waals surface area contributed by atoms with Gasteiger partial charge in [0.1, 0.15) is 5.75 Å². The first-order valence-electron chi connectivity index (χ1n) is 6.93. The fourth-order valence-electron chi connectivity index (χ4n) is 2.63. The van der Waals surface area contributed by atoms with Gasteiger partial charge < -0.3 is 10.1 Å². The van der Waals surface area contributed by atoms with Crippen molar-refractivity contribution >= 4 is 23.2 Å². The van der Waals surface area contributed by atoms with Crippen molar-refractivity contribution in [3.8, 4) is 5.75 Å². The largest absolute Gasteiger partial charge is 0.492 e. The maximum absolute atomic E-state index is 6.22. The van der Waals surface area contributed by atoms with Crippen LogP contribution in [-0.2, 0) is 0 Å². The molecule has 1 aromatic carbocycles. The van der Waals surface area contributed by atoms with Crippen LogP contribution < -0.4 is 10.1 Å². The third kappa shape index (κ3) is 3.15. The quantitative estimate of drug-likeness (QED) is 0.899. The molecular formula is C16H16Cl2N2O. The van der Waals surface area contributed by atoms with Crippen molar-refractivity contribution in [3.05, 3.63) is 57.8 Å². The van der Waals surface area contributed by atoms with Crippen molar-refractivity contribution in [2.45, 2.75) is 25.4 Å². The van der Waals surface area contributed by atoms with Gasteiger partial charge in [0.15, 0.2) is 0 Å². The minimum atomic E-state index is 0.167. The molecule has 21 heavy (non-hydrogen) atoms. The zero-order valence-corrected chi connectivity index (χ0v) is 13.2. The molecule has 1 aliphatic heterocycles. The molecule has 1 aromatic heterocycles. The van der Waals surface area contributed by atoms with E-state index < -0.39 is 0 Å². The molecule has 1 aliphatic rings. The minimum Gasteiger partial charge on any atom is -0.492 e. The van der Waals surface area contributed by atoms with E-state index in [2.05, 4.69) is 23.3 Å². The summed E-state index contributed by atoms with van der Waals surface area (Å²) < 4.78 is 5.68. The van der Waals surface area contributed by atoms with Gasteiger partial charge in [0.05, 0.1) is 11.6 Å². The van der Waals surface area contributed by atoms with Crippen LogP contribution in [0, 0.1) is 0 Å². The molecule has 5 heteroatoms. The molecule has 0 fully saturated rings. The summed E-state index contributed by atoms with van der Waals surface area (Å²) >= 11 is 12.3. The number of hydrogen-bond acceptors (Lipinski definition) is 3. The summed E-state index contributed by atoms with van der Waals surface area (Å²) in [6.45, 7) is 2.77. The molecule has 2 aromatic rings. The van der Waals surface area contributed by atoms with Gasteiger partial charge in [0.25, 0.3) is 0 Å². The maximum Gasteiger partial charge on any atom is 0.142 e. The Morgan fingerprint density at radius 1 is 1.38 bits per heavy atom. The van der Waals surface area contributed by atoms with Crippen LogP contribution in [0.25, 0.3) is 0 Å². The van der Waals surface area contributed by atoms with Crippen LogP contribution in [0.1, 0.15) is 36.6 Å². The number of halogens is 2. The first kappa shape index (κ1) is 14.6. The van der Waals surface area contributed by atoms with Gasteiger partial charge in [0.2, 0.25) is 0 Å². The third-order valence-electron chi connectivity index (χ3n) is 3.70. The summed E-state index contributed by atoms with van der Waals surface area (Å²) in [7, 11) is 0. The van der Waals surface area contributed by atoms with E-state index in [0.717, 1.165) is 23.3 Å². The lowest BCUT2D eigenvalue weighted by Crippen LogP contribution is -2.29. The summed E-state index contributed by atoms with van der Waals surface area (Å²) in [5.74, 6) is 0.739. The molecule has 110 valence electrons. The van der Waals surface area contributed by atoms with E-state index in [0.29, 0.717) is 16.7 Å². The lowest BCUT2D eigenvalue weighted by molar-refractivity contribution is 0.246. The van der Waals surface area contributed by atoms with Gasteiger partial charge in [-0.05, 0) is 30.7 Å². The summed E-state index contributed by atoms with van der Waals surface area (Å²) in [6, 6.07) is 8.01. The SMILES string of the molecule is C[C@H](NC1CCOc2c(Cl)cc(Cl)cc21)c1cccnc1. The summed E-state index contributed by atoms with van der Waals surface area (Å²) in [6.07, 6.45) is 4.54. The molecule has 2 atom stereocenters. The minimum absolute atomic E-state index is 0.167. The molecule has 0 bridgehead atoms. The molecule has 0 aliphatic carbocycles. The second kappa shape index (κ2) is 6.22. The second-order valence-corrected chi connectivity index (χ2v) is 6.01. The van der Waals surface area contributed by atoms with Crippen LogP contribution in [0.2, 0.25) is 10.0 Å². The molecule has 0 saturated carbocycles. The Bertz CT molecular complexity index is 634. The molecule has 1 unspecified atom stereocenters. The normalized spacial score (nSPS) is 18.7. The monoisotopic (exact) mass is 322 g/mol. The van der Waals surface area contributed by atoms with E-state index in [1.54, 1.807) is 12.3 Å². The van der Waals surface area contributed by atoms with Gasteiger partial charge in [-0.25, -0.2) is 0 Å². The average molecular weight is 323 g/mol. The van der Waals surface area contributed by atoms with E-state index >= 15 is 0 Å². The highest BCUT2D eigenvalue weighted by Gasteiger charge is 2.25. The third-order valence-corrected chi connectivity index (χ3v) is 4.20. The summed E-state index contributed by atoms with van der Waals surface area (Å²) in [4.78, 5) is 4.16. The Hall–Kier alpha value is -1.29. The number of rotatable bonds is 3. The van der Waals surface area contributed by atoms with Crippen molar-refractivity contribution in [2.24, 2.45) is 0 Å². The molecular weight excluding hydrogens is 307 g/mol. The van der Waals surface area contributed by atoms with Crippen LogP contribution in [0.5, 0.6) is 5.75 Å². The van der Waals surface area contributed by atoms with Crippen molar-refractivity contribution in [3.63, 3.8) is 0 Å². The zero-order chi connectivity index (χ0) is 14.8. The fourth-order valence-corrected chi connectivity index (χ4v) is 3.19. The van der Waals surface area contributed by atoms with Crippen LogP contribution in [0.15, 0.2) is 36.7 Å². The van der Waals surface area contributed by atoms with Gasteiger partial charge in [-0.15, -0.1) is 0 Å². The predicted molar refractivity (Wildman–Crippen MR) is 85.1 cm³/mol. The van der Waals surface area contributed by atoms with Crippen LogP contribution in [0.3, 0.4) is 0 Å². The predicted octanol–water partition coefficient (Wildman–Crippen LogP) is 4.56. The summed E-state index contributed by atoms with van der Waals surface area (Å²) in [5, 5.41) is 4.81. The van der Waals surface area contributed by atoms with Crippen molar-refractivity contribution in [1.29, 1.82) is 0 Å². The Labute approximate surface area is 134 Å². The van der Waals surface area contributed by atoms with Gasteiger partial charge in [-0.3, -0.25) is 4.98 Å². The van der Waals surface area contributed by atoms with E-state index in [1.807, 2.05) is 18.3 Å². The number of nitrogens with one attached hydrogen (secondary N) is 1. The highest BCUT2D eigenvalue weighted by molar-refractivity contribution is 6.35. The molecule has 3 rings (SSSR count).